The topological polar surface area (TPSA) is 66.9 Å². The van der Waals surface area contributed by atoms with Crippen LogP contribution in [0.3, 0.4) is 0 Å². The maximum Gasteiger partial charge on any atom is 0.243 e. The van der Waals surface area contributed by atoms with Crippen LogP contribution in [0.1, 0.15) is 21.7 Å². The molecule has 6 nitrogen and oxygen atoms in total. The number of rotatable bonds is 12. The van der Waals surface area contributed by atoms with Crippen LogP contribution in [0.25, 0.3) is 0 Å². The molecular formula is C25H29BrN2O4S2. The zero-order chi connectivity index (χ0) is 24.6. The fourth-order valence-corrected chi connectivity index (χ4v) is 6.07. The van der Waals surface area contributed by atoms with Crippen molar-refractivity contribution >= 4 is 43.2 Å². The van der Waals surface area contributed by atoms with Crippen molar-refractivity contribution in [3.05, 3.63) is 86.5 Å². The van der Waals surface area contributed by atoms with E-state index in [1.54, 1.807) is 47.6 Å². The molecule has 0 spiro atoms. The third-order valence-corrected chi connectivity index (χ3v) is 8.60. The Morgan fingerprint density at radius 1 is 1.00 bits per heavy atom. The van der Waals surface area contributed by atoms with E-state index in [-0.39, 0.29) is 23.9 Å². The van der Waals surface area contributed by atoms with E-state index in [0.29, 0.717) is 26.1 Å². The normalized spacial score (nSPS) is 11.6. The van der Waals surface area contributed by atoms with Gasteiger partial charge in [-0.25, -0.2) is 8.42 Å². The van der Waals surface area contributed by atoms with Crippen LogP contribution < -0.4 is 0 Å². The van der Waals surface area contributed by atoms with Crippen LogP contribution in [0, 0.1) is 6.92 Å². The van der Waals surface area contributed by atoms with Crippen LogP contribution >= 0.6 is 27.3 Å². The summed E-state index contributed by atoms with van der Waals surface area (Å²) in [5.41, 5.74) is 0.992. The number of aryl methyl sites for hydroxylation is 1. The highest BCUT2D eigenvalue weighted by molar-refractivity contribution is 9.10. The molecule has 0 saturated heterocycles. The van der Waals surface area contributed by atoms with E-state index >= 15 is 0 Å². The van der Waals surface area contributed by atoms with Gasteiger partial charge in [0.1, 0.15) is 0 Å². The molecule has 34 heavy (non-hydrogen) atoms. The van der Waals surface area contributed by atoms with Gasteiger partial charge in [0, 0.05) is 41.0 Å². The molecule has 0 unspecified atom stereocenters. The smallest absolute Gasteiger partial charge is 0.243 e. The van der Waals surface area contributed by atoms with Crippen LogP contribution in [-0.4, -0.2) is 50.3 Å². The molecule has 2 aromatic carbocycles. The van der Waals surface area contributed by atoms with Crippen molar-refractivity contribution in [2.75, 3.05) is 26.8 Å². The zero-order valence-electron chi connectivity index (χ0n) is 19.3. The van der Waals surface area contributed by atoms with E-state index in [1.807, 2.05) is 49.4 Å². The zero-order valence-corrected chi connectivity index (χ0v) is 22.5. The number of nitrogens with zero attached hydrogens (tertiary/aromatic N) is 2. The third-order valence-electron chi connectivity index (χ3n) is 5.23. The average molecular weight is 566 g/mol. The van der Waals surface area contributed by atoms with Crippen molar-refractivity contribution in [3.63, 3.8) is 0 Å². The number of sulfonamides is 1. The molecule has 0 fully saturated rings. The minimum atomic E-state index is -3.86. The molecule has 182 valence electrons. The second-order valence-electron chi connectivity index (χ2n) is 7.89. The average Bonchev–Trinajstić information content (AvgIpc) is 3.23. The van der Waals surface area contributed by atoms with Crippen molar-refractivity contribution in [1.82, 2.24) is 9.21 Å². The molecule has 0 N–H and O–H groups in total. The van der Waals surface area contributed by atoms with Crippen LogP contribution in [0.15, 0.2) is 76.1 Å². The fraction of sp³-hybridized carbons (Fsp3) is 0.320. The number of hydrogen-bond donors (Lipinski definition) is 0. The third kappa shape index (κ3) is 7.48. The maximum absolute atomic E-state index is 13.5. The van der Waals surface area contributed by atoms with E-state index in [2.05, 4.69) is 15.9 Å². The largest absolute Gasteiger partial charge is 0.385 e. The van der Waals surface area contributed by atoms with Crippen LogP contribution in [0.5, 0.6) is 0 Å². The second-order valence-corrected chi connectivity index (χ2v) is 12.1. The summed E-state index contributed by atoms with van der Waals surface area (Å²) in [6.07, 6.45) is 0.488. The molecule has 0 aliphatic rings. The first kappa shape index (κ1) is 26.6. The van der Waals surface area contributed by atoms with Gasteiger partial charge in [-0.15, -0.1) is 11.3 Å². The van der Waals surface area contributed by atoms with Gasteiger partial charge in [-0.05, 0) is 55.3 Å². The molecule has 0 saturated carbocycles. The Kier molecular flexibility index (Phi) is 9.85. The van der Waals surface area contributed by atoms with Crippen LogP contribution in [0.2, 0.25) is 0 Å². The number of carbonyl (C=O) groups is 1. The van der Waals surface area contributed by atoms with E-state index in [9.17, 15) is 13.2 Å². The Balaban J connectivity index is 1.85. The van der Waals surface area contributed by atoms with Gasteiger partial charge < -0.3 is 9.64 Å². The molecule has 1 heterocycles. The SMILES string of the molecule is COCCCN(CC(=O)N(Cc1ccccc1)Cc1ccc(C)s1)S(=O)(=O)c1ccc(Br)cc1. The molecule has 9 heteroatoms. The lowest BCUT2D eigenvalue weighted by Crippen LogP contribution is -2.43. The number of ether oxygens (including phenoxy) is 1. The second kappa shape index (κ2) is 12.6. The summed E-state index contributed by atoms with van der Waals surface area (Å²) in [5.74, 6) is -0.243. The Bertz CT molecular complexity index is 1170. The van der Waals surface area contributed by atoms with Crippen molar-refractivity contribution in [3.8, 4) is 0 Å². The van der Waals surface area contributed by atoms with E-state index in [0.717, 1.165) is 14.9 Å². The lowest BCUT2D eigenvalue weighted by Gasteiger charge is -2.27. The molecule has 1 amide bonds. The molecule has 0 radical (unpaired) electrons. The highest BCUT2D eigenvalue weighted by atomic mass is 79.9. The predicted molar refractivity (Wildman–Crippen MR) is 139 cm³/mol. The van der Waals surface area contributed by atoms with E-state index in [4.69, 9.17) is 4.74 Å². The minimum Gasteiger partial charge on any atom is -0.385 e. The number of thiophene rings is 1. The first-order valence-corrected chi connectivity index (χ1v) is 14.0. The molecule has 0 aliphatic heterocycles. The van der Waals surface area contributed by atoms with Gasteiger partial charge >= 0.3 is 0 Å². The Morgan fingerprint density at radius 2 is 1.71 bits per heavy atom. The van der Waals surface area contributed by atoms with Crippen LogP contribution in [-0.2, 0) is 32.6 Å². The summed E-state index contributed by atoms with van der Waals surface area (Å²) in [5, 5.41) is 0. The number of amides is 1. The molecule has 1 aromatic heterocycles. The molecule has 0 bridgehead atoms. The summed E-state index contributed by atoms with van der Waals surface area (Å²) in [7, 11) is -2.28. The lowest BCUT2D eigenvalue weighted by molar-refractivity contribution is -0.132. The maximum atomic E-state index is 13.5. The van der Waals surface area contributed by atoms with Crippen molar-refractivity contribution in [1.29, 1.82) is 0 Å². The van der Waals surface area contributed by atoms with Gasteiger partial charge in [0.15, 0.2) is 0 Å². The standard InChI is InChI=1S/C25H29BrN2O4S2/c1-20-9-12-23(33-20)18-27(17-21-7-4-3-5-8-21)25(29)19-28(15-6-16-32-2)34(30,31)24-13-10-22(26)11-14-24/h3-5,7-14H,6,15-19H2,1-2H3. The summed E-state index contributed by atoms with van der Waals surface area (Å²) in [6.45, 7) is 3.22. The van der Waals surface area contributed by atoms with Crippen molar-refractivity contribution in [2.24, 2.45) is 0 Å². The highest BCUT2D eigenvalue weighted by Gasteiger charge is 2.28. The van der Waals surface area contributed by atoms with Gasteiger partial charge in [-0.2, -0.15) is 4.31 Å². The Labute approximate surface area is 214 Å². The number of carbonyl (C=O) groups excluding carboxylic acids is 1. The summed E-state index contributed by atoms with van der Waals surface area (Å²) < 4.78 is 34.0. The minimum absolute atomic E-state index is 0.157. The van der Waals surface area contributed by atoms with E-state index < -0.39 is 10.0 Å². The van der Waals surface area contributed by atoms with Crippen LogP contribution in [0.4, 0.5) is 0 Å². The number of hydrogen-bond acceptors (Lipinski definition) is 5. The van der Waals surface area contributed by atoms with Crippen molar-refractivity contribution in [2.45, 2.75) is 31.3 Å². The van der Waals surface area contributed by atoms with Gasteiger partial charge in [-0.1, -0.05) is 46.3 Å². The molecular weight excluding hydrogens is 536 g/mol. The number of halogens is 1. The first-order chi connectivity index (χ1) is 16.3. The van der Waals surface area contributed by atoms with E-state index in [1.165, 1.54) is 9.18 Å². The number of benzene rings is 2. The summed E-state index contributed by atoms with van der Waals surface area (Å²) in [4.78, 5) is 17.6. The molecule has 0 atom stereocenters. The van der Waals surface area contributed by atoms with Gasteiger partial charge in [0.25, 0.3) is 0 Å². The highest BCUT2D eigenvalue weighted by Crippen LogP contribution is 2.22. The Hall–Kier alpha value is -2.04. The molecule has 3 rings (SSSR count). The lowest BCUT2D eigenvalue weighted by atomic mass is 10.2. The summed E-state index contributed by atoms with van der Waals surface area (Å²) in [6, 6.07) is 20.2. The first-order valence-electron chi connectivity index (χ1n) is 10.9. The van der Waals surface area contributed by atoms with Gasteiger partial charge in [0.05, 0.1) is 18.0 Å². The Morgan fingerprint density at radius 3 is 2.32 bits per heavy atom. The van der Waals surface area contributed by atoms with Gasteiger partial charge in [0.2, 0.25) is 15.9 Å². The quantitative estimate of drug-likeness (QED) is 0.288. The predicted octanol–water partition coefficient (Wildman–Crippen LogP) is 5.08. The van der Waals surface area contributed by atoms with Crippen molar-refractivity contribution < 1.29 is 17.9 Å². The summed E-state index contributed by atoms with van der Waals surface area (Å²) >= 11 is 4.98. The number of methoxy groups -OCH3 is 1. The molecule has 0 aliphatic carbocycles. The molecule has 3 aromatic rings. The monoisotopic (exact) mass is 564 g/mol. The van der Waals surface area contributed by atoms with Gasteiger partial charge in [-0.3, -0.25) is 4.79 Å². The fourth-order valence-electron chi connectivity index (χ4n) is 3.47.